The number of nitrogens with two attached hydrogens (primary N) is 1. The van der Waals surface area contributed by atoms with Crippen molar-refractivity contribution in [2.45, 2.75) is 18.9 Å². The van der Waals surface area contributed by atoms with Gasteiger partial charge in [0.15, 0.2) is 0 Å². The fraction of sp³-hybridized carbons (Fsp3) is 0.231. The minimum atomic E-state index is -1.21. The zero-order chi connectivity index (χ0) is 12.9. The quantitative estimate of drug-likeness (QED) is 0.786. The molecule has 1 saturated carbocycles. The maximum absolute atomic E-state index is 12.1. The van der Waals surface area contributed by atoms with Crippen LogP contribution in [0.5, 0.6) is 0 Å². The molecule has 1 aromatic carbocycles. The lowest BCUT2D eigenvalue weighted by Gasteiger charge is -2.12. The molecule has 92 valence electrons. The molecule has 18 heavy (non-hydrogen) atoms. The van der Waals surface area contributed by atoms with Gasteiger partial charge in [0.05, 0.1) is 10.9 Å². The first-order valence-electron chi connectivity index (χ1n) is 5.76. The van der Waals surface area contributed by atoms with Crippen LogP contribution in [0.25, 0.3) is 10.9 Å². The number of carbonyl (C=O) groups is 1. The molecular weight excluding hydrogens is 232 g/mol. The van der Waals surface area contributed by atoms with Crippen molar-refractivity contribution in [3.8, 4) is 0 Å². The van der Waals surface area contributed by atoms with Gasteiger partial charge in [0.2, 0.25) is 5.43 Å². The van der Waals surface area contributed by atoms with Crippen molar-refractivity contribution in [2.24, 2.45) is 0 Å². The summed E-state index contributed by atoms with van der Waals surface area (Å²) >= 11 is 0. The van der Waals surface area contributed by atoms with Crippen LogP contribution in [0.4, 0.5) is 5.69 Å². The zero-order valence-corrected chi connectivity index (χ0v) is 9.59. The van der Waals surface area contributed by atoms with Gasteiger partial charge in [0, 0.05) is 17.9 Å². The SMILES string of the molecule is Nc1cccc2c1c(=O)c(C(=O)O)cn2C1CC1. The molecule has 2 aromatic rings. The summed E-state index contributed by atoms with van der Waals surface area (Å²) in [5, 5.41) is 9.40. The van der Waals surface area contributed by atoms with E-state index in [1.165, 1.54) is 6.20 Å². The van der Waals surface area contributed by atoms with Crippen LogP contribution in [0.15, 0.2) is 29.2 Å². The summed E-state index contributed by atoms with van der Waals surface area (Å²) in [6.07, 6.45) is 3.45. The summed E-state index contributed by atoms with van der Waals surface area (Å²) in [4.78, 5) is 23.2. The third-order valence-corrected chi connectivity index (χ3v) is 3.26. The number of pyridine rings is 1. The van der Waals surface area contributed by atoms with Crippen molar-refractivity contribution >= 4 is 22.6 Å². The second-order valence-electron chi connectivity index (χ2n) is 4.56. The number of rotatable bonds is 2. The Bertz CT molecular complexity index is 714. The van der Waals surface area contributed by atoms with Gasteiger partial charge < -0.3 is 15.4 Å². The second kappa shape index (κ2) is 3.60. The molecule has 0 aliphatic heterocycles. The van der Waals surface area contributed by atoms with Crippen molar-refractivity contribution in [3.63, 3.8) is 0 Å². The Balaban J connectivity index is 2.47. The first kappa shape index (κ1) is 10.8. The summed E-state index contributed by atoms with van der Waals surface area (Å²) in [5.74, 6) is -1.21. The average Bonchev–Trinajstić information content (AvgIpc) is 3.13. The number of benzene rings is 1. The predicted molar refractivity (Wildman–Crippen MR) is 67.9 cm³/mol. The minimum absolute atomic E-state index is 0.215. The fourth-order valence-electron chi connectivity index (χ4n) is 2.23. The van der Waals surface area contributed by atoms with Gasteiger partial charge in [-0.15, -0.1) is 0 Å². The molecule has 0 atom stereocenters. The highest BCUT2D eigenvalue weighted by atomic mass is 16.4. The molecule has 1 aliphatic rings. The number of hydrogen-bond acceptors (Lipinski definition) is 3. The average molecular weight is 244 g/mol. The molecule has 0 spiro atoms. The number of anilines is 1. The Labute approximate surface area is 102 Å². The Morgan fingerprint density at radius 1 is 1.39 bits per heavy atom. The highest BCUT2D eigenvalue weighted by molar-refractivity contribution is 5.97. The van der Waals surface area contributed by atoms with Gasteiger partial charge in [-0.2, -0.15) is 0 Å². The Kier molecular flexibility index (Phi) is 2.16. The molecule has 1 fully saturated rings. The van der Waals surface area contributed by atoms with E-state index in [1.807, 2.05) is 4.57 Å². The molecule has 5 nitrogen and oxygen atoms in total. The molecule has 0 radical (unpaired) electrons. The van der Waals surface area contributed by atoms with Gasteiger partial charge in [-0.1, -0.05) is 6.07 Å². The van der Waals surface area contributed by atoms with E-state index in [1.54, 1.807) is 18.2 Å². The minimum Gasteiger partial charge on any atom is -0.477 e. The molecule has 0 bridgehead atoms. The zero-order valence-electron chi connectivity index (χ0n) is 9.59. The van der Waals surface area contributed by atoms with Crippen molar-refractivity contribution in [1.29, 1.82) is 0 Å². The number of fused-ring (bicyclic) bond motifs is 1. The van der Waals surface area contributed by atoms with Gasteiger partial charge in [0.1, 0.15) is 5.56 Å². The lowest BCUT2D eigenvalue weighted by Crippen LogP contribution is -2.19. The molecule has 3 rings (SSSR count). The molecular formula is C13H12N2O3. The van der Waals surface area contributed by atoms with Crippen LogP contribution in [0.2, 0.25) is 0 Å². The number of carboxylic acids is 1. The number of aromatic nitrogens is 1. The molecule has 3 N–H and O–H groups in total. The first-order chi connectivity index (χ1) is 8.59. The fourth-order valence-corrected chi connectivity index (χ4v) is 2.23. The highest BCUT2D eigenvalue weighted by Gasteiger charge is 2.27. The lowest BCUT2D eigenvalue weighted by molar-refractivity contribution is 0.0695. The summed E-state index contributed by atoms with van der Waals surface area (Å²) in [5.41, 5.74) is 6.13. The summed E-state index contributed by atoms with van der Waals surface area (Å²) in [7, 11) is 0. The van der Waals surface area contributed by atoms with Gasteiger partial charge >= 0.3 is 5.97 Å². The van der Waals surface area contributed by atoms with Crippen LogP contribution >= 0.6 is 0 Å². The predicted octanol–water partition coefficient (Wildman–Crippen LogP) is 1.62. The largest absolute Gasteiger partial charge is 0.477 e. The maximum Gasteiger partial charge on any atom is 0.341 e. The van der Waals surface area contributed by atoms with Crippen molar-refractivity contribution in [1.82, 2.24) is 4.57 Å². The summed E-state index contributed by atoms with van der Waals surface area (Å²) in [6.45, 7) is 0. The normalized spacial score (nSPS) is 14.9. The Hall–Kier alpha value is -2.30. The van der Waals surface area contributed by atoms with Crippen molar-refractivity contribution in [3.05, 3.63) is 40.2 Å². The molecule has 1 heterocycles. The lowest BCUT2D eigenvalue weighted by atomic mass is 10.1. The van der Waals surface area contributed by atoms with Crippen molar-refractivity contribution < 1.29 is 9.90 Å². The van der Waals surface area contributed by atoms with E-state index in [0.29, 0.717) is 16.6 Å². The van der Waals surface area contributed by atoms with Gasteiger partial charge in [0.25, 0.3) is 0 Å². The third-order valence-electron chi connectivity index (χ3n) is 3.26. The Morgan fingerprint density at radius 2 is 2.11 bits per heavy atom. The van der Waals surface area contributed by atoms with Gasteiger partial charge in [-0.3, -0.25) is 4.79 Å². The van der Waals surface area contributed by atoms with Crippen LogP contribution < -0.4 is 11.2 Å². The molecule has 5 heteroatoms. The first-order valence-corrected chi connectivity index (χ1v) is 5.76. The van der Waals surface area contributed by atoms with E-state index in [9.17, 15) is 9.59 Å². The maximum atomic E-state index is 12.1. The molecule has 0 saturated heterocycles. The molecule has 0 amide bonds. The number of nitrogen functional groups attached to an aromatic ring is 1. The molecule has 1 aliphatic carbocycles. The van der Waals surface area contributed by atoms with Crippen LogP contribution in [0.3, 0.4) is 0 Å². The number of nitrogens with zero attached hydrogens (tertiary/aromatic N) is 1. The van der Waals surface area contributed by atoms with Crippen LogP contribution in [0.1, 0.15) is 29.2 Å². The van der Waals surface area contributed by atoms with E-state index >= 15 is 0 Å². The molecule has 1 aromatic heterocycles. The van der Waals surface area contributed by atoms with Crippen molar-refractivity contribution in [2.75, 3.05) is 5.73 Å². The summed E-state index contributed by atoms with van der Waals surface area (Å²) < 4.78 is 1.86. The van der Waals surface area contributed by atoms with E-state index in [2.05, 4.69) is 0 Å². The van der Waals surface area contributed by atoms with Gasteiger partial charge in [-0.25, -0.2) is 4.79 Å². The second-order valence-corrected chi connectivity index (χ2v) is 4.56. The topological polar surface area (TPSA) is 85.3 Å². The van der Waals surface area contributed by atoms with E-state index in [-0.39, 0.29) is 11.6 Å². The van der Waals surface area contributed by atoms with Gasteiger partial charge in [-0.05, 0) is 25.0 Å². The summed E-state index contributed by atoms with van der Waals surface area (Å²) in [6, 6.07) is 5.48. The molecule has 0 unspecified atom stereocenters. The smallest absolute Gasteiger partial charge is 0.341 e. The number of hydrogen-bond donors (Lipinski definition) is 2. The van der Waals surface area contributed by atoms with Crippen LogP contribution in [0, 0.1) is 0 Å². The number of aromatic carboxylic acids is 1. The van der Waals surface area contributed by atoms with E-state index in [0.717, 1.165) is 12.8 Å². The van der Waals surface area contributed by atoms with E-state index in [4.69, 9.17) is 10.8 Å². The standard InChI is InChI=1S/C13H12N2O3/c14-9-2-1-3-10-11(9)12(16)8(13(17)18)6-15(10)7-4-5-7/h1-3,6-7H,4-5,14H2,(H,17,18). The Morgan fingerprint density at radius 3 is 2.72 bits per heavy atom. The monoisotopic (exact) mass is 244 g/mol. The van der Waals surface area contributed by atoms with E-state index < -0.39 is 11.4 Å². The third kappa shape index (κ3) is 1.48. The van der Waals surface area contributed by atoms with Crippen LogP contribution in [-0.2, 0) is 0 Å². The number of carboxylic acid groups (broad SMARTS) is 1. The van der Waals surface area contributed by atoms with Crippen LogP contribution in [-0.4, -0.2) is 15.6 Å². The highest BCUT2D eigenvalue weighted by Crippen LogP contribution is 2.37.